The van der Waals surface area contributed by atoms with E-state index in [0.29, 0.717) is 24.2 Å². The summed E-state index contributed by atoms with van der Waals surface area (Å²) in [5.74, 6) is -0.506. The molecule has 0 radical (unpaired) electrons. The van der Waals surface area contributed by atoms with Crippen LogP contribution in [0.25, 0.3) is 11.0 Å². The zero-order valence-electron chi connectivity index (χ0n) is 14.3. The van der Waals surface area contributed by atoms with E-state index in [1.807, 2.05) is 42.3 Å². The highest BCUT2D eigenvalue weighted by molar-refractivity contribution is 5.96. The van der Waals surface area contributed by atoms with E-state index in [0.717, 1.165) is 10.9 Å². The molecule has 0 atom stereocenters. The molecule has 3 aromatic rings. The second-order valence-electron chi connectivity index (χ2n) is 5.89. The van der Waals surface area contributed by atoms with E-state index in [2.05, 4.69) is 0 Å². The van der Waals surface area contributed by atoms with Crippen molar-refractivity contribution in [3.63, 3.8) is 0 Å². The first kappa shape index (κ1) is 17.2. The molecule has 1 heterocycles. The standard InChI is InChI=1S/C20H20FNO3/c1-3-24-20(23)19-16(15-9-5-7-11-18(15)25-19)13-22(2)12-14-8-4-6-10-17(14)21/h4-11H,3,12-13H2,1-2H3. The highest BCUT2D eigenvalue weighted by Crippen LogP contribution is 2.28. The number of halogens is 1. The monoisotopic (exact) mass is 341 g/mol. The lowest BCUT2D eigenvalue weighted by Gasteiger charge is -2.17. The van der Waals surface area contributed by atoms with Crippen molar-refractivity contribution in [1.29, 1.82) is 0 Å². The van der Waals surface area contributed by atoms with Gasteiger partial charge in [-0.2, -0.15) is 0 Å². The Bertz CT molecular complexity index is 888. The molecule has 1 aromatic heterocycles. The van der Waals surface area contributed by atoms with Gasteiger partial charge in [-0.05, 0) is 26.1 Å². The smallest absolute Gasteiger partial charge is 0.374 e. The average molecular weight is 341 g/mol. The summed E-state index contributed by atoms with van der Waals surface area (Å²) in [4.78, 5) is 14.2. The molecule has 5 heteroatoms. The van der Waals surface area contributed by atoms with Crippen molar-refractivity contribution in [2.24, 2.45) is 0 Å². The zero-order valence-corrected chi connectivity index (χ0v) is 14.3. The van der Waals surface area contributed by atoms with Gasteiger partial charge in [0.05, 0.1) is 6.61 Å². The molecule has 2 aromatic carbocycles. The maximum atomic E-state index is 13.9. The van der Waals surface area contributed by atoms with Crippen molar-refractivity contribution in [2.75, 3.05) is 13.7 Å². The molecule has 25 heavy (non-hydrogen) atoms. The van der Waals surface area contributed by atoms with Gasteiger partial charge in [-0.3, -0.25) is 4.90 Å². The molecule has 3 rings (SSSR count). The van der Waals surface area contributed by atoms with Crippen molar-refractivity contribution in [3.8, 4) is 0 Å². The minimum absolute atomic E-state index is 0.212. The molecular formula is C20H20FNO3. The summed E-state index contributed by atoms with van der Waals surface area (Å²) >= 11 is 0. The van der Waals surface area contributed by atoms with E-state index in [9.17, 15) is 9.18 Å². The fraction of sp³-hybridized carbons (Fsp3) is 0.250. The van der Waals surface area contributed by atoms with Gasteiger partial charge >= 0.3 is 5.97 Å². The quantitative estimate of drug-likeness (QED) is 0.624. The molecule has 130 valence electrons. The lowest BCUT2D eigenvalue weighted by atomic mass is 10.1. The number of esters is 1. The van der Waals surface area contributed by atoms with Crippen LogP contribution in [0.4, 0.5) is 4.39 Å². The third-order valence-electron chi connectivity index (χ3n) is 3.99. The number of hydrogen-bond donors (Lipinski definition) is 0. The largest absolute Gasteiger partial charge is 0.460 e. The minimum atomic E-state index is -0.479. The van der Waals surface area contributed by atoms with Crippen LogP contribution in [0.15, 0.2) is 52.9 Å². The molecule has 0 fully saturated rings. The molecule has 0 aliphatic carbocycles. The predicted molar refractivity (Wildman–Crippen MR) is 93.7 cm³/mol. The van der Waals surface area contributed by atoms with Gasteiger partial charge in [-0.15, -0.1) is 0 Å². The van der Waals surface area contributed by atoms with E-state index >= 15 is 0 Å². The highest BCUT2D eigenvalue weighted by Gasteiger charge is 2.22. The number of benzene rings is 2. The molecular weight excluding hydrogens is 321 g/mol. The zero-order chi connectivity index (χ0) is 17.8. The van der Waals surface area contributed by atoms with Crippen LogP contribution in [0.2, 0.25) is 0 Å². The number of carbonyl (C=O) groups excluding carboxylic acids is 1. The van der Waals surface area contributed by atoms with E-state index in [-0.39, 0.29) is 18.2 Å². The number of furan rings is 1. The van der Waals surface area contributed by atoms with Crippen LogP contribution in [0.3, 0.4) is 0 Å². The molecule has 0 bridgehead atoms. The Morgan fingerprint density at radius 3 is 2.60 bits per heavy atom. The number of rotatable bonds is 6. The van der Waals surface area contributed by atoms with Gasteiger partial charge in [-0.1, -0.05) is 36.4 Å². The Labute approximate surface area is 145 Å². The second kappa shape index (κ2) is 7.49. The number of fused-ring (bicyclic) bond motifs is 1. The van der Waals surface area contributed by atoms with Gasteiger partial charge < -0.3 is 9.15 Å². The van der Waals surface area contributed by atoms with Crippen LogP contribution >= 0.6 is 0 Å². The maximum absolute atomic E-state index is 13.9. The fourth-order valence-electron chi connectivity index (χ4n) is 2.86. The van der Waals surface area contributed by atoms with Crippen molar-refractivity contribution in [3.05, 3.63) is 71.2 Å². The summed E-state index contributed by atoms with van der Waals surface area (Å²) < 4.78 is 24.7. The van der Waals surface area contributed by atoms with Crippen LogP contribution < -0.4 is 0 Å². The second-order valence-corrected chi connectivity index (χ2v) is 5.89. The molecule has 0 saturated heterocycles. The van der Waals surface area contributed by atoms with Gasteiger partial charge in [0.2, 0.25) is 5.76 Å². The Morgan fingerprint density at radius 1 is 1.12 bits per heavy atom. The Kier molecular flexibility index (Phi) is 5.14. The molecule has 0 spiro atoms. The summed E-state index contributed by atoms with van der Waals surface area (Å²) in [7, 11) is 1.88. The van der Waals surface area contributed by atoms with Gasteiger partial charge in [0, 0.05) is 29.6 Å². The molecule has 0 aliphatic heterocycles. The fourth-order valence-corrected chi connectivity index (χ4v) is 2.86. The van der Waals surface area contributed by atoms with Crippen molar-refractivity contribution in [1.82, 2.24) is 4.90 Å². The number of hydrogen-bond acceptors (Lipinski definition) is 4. The van der Waals surface area contributed by atoms with Crippen molar-refractivity contribution >= 4 is 16.9 Å². The van der Waals surface area contributed by atoms with Gasteiger partial charge in [-0.25, -0.2) is 9.18 Å². The Morgan fingerprint density at radius 2 is 1.84 bits per heavy atom. The van der Waals surface area contributed by atoms with Gasteiger partial charge in [0.1, 0.15) is 11.4 Å². The summed E-state index contributed by atoms with van der Waals surface area (Å²) in [5, 5.41) is 0.867. The Hall–Kier alpha value is -2.66. The van der Waals surface area contributed by atoms with Crippen LogP contribution in [0.5, 0.6) is 0 Å². The summed E-state index contributed by atoms with van der Waals surface area (Å²) in [6.45, 7) is 2.90. The highest BCUT2D eigenvalue weighted by atomic mass is 19.1. The first-order valence-corrected chi connectivity index (χ1v) is 8.19. The van der Waals surface area contributed by atoms with Crippen LogP contribution in [-0.2, 0) is 17.8 Å². The number of carbonyl (C=O) groups is 1. The molecule has 0 N–H and O–H groups in total. The van der Waals surface area contributed by atoms with E-state index < -0.39 is 5.97 Å². The molecule has 0 saturated carbocycles. The normalized spacial score (nSPS) is 11.2. The lowest BCUT2D eigenvalue weighted by molar-refractivity contribution is 0.0489. The maximum Gasteiger partial charge on any atom is 0.374 e. The predicted octanol–water partition coefficient (Wildman–Crippen LogP) is 4.38. The van der Waals surface area contributed by atoms with Crippen molar-refractivity contribution < 1.29 is 18.3 Å². The number of nitrogens with zero attached hydrogens (tertiary/aromatic N) is 1. The van der Waals surface area contributed by atoms with E-state index in [4.69, 9.17) is 9.15 Å². The van der Waals surface area contributed by atoms with Gasteiger partial charge in [0.25, 0.3) is 0 Å². The van der Waals surface area contributed by atoms with Crippen molar-refractivity contribution in [2.45, 2.75) is 20.0 Å². The lowest BCUT2D eigenvalue weighted by Crippen LogP contribution is -2.19. The Balaban J connectivity index is 1.90. The molecule has 0 unspecified atom stereocenters. The summed E-state index contributed by atoms with van der Waals surface area (Å²) in [6, 6.07) is 14.2. The minimum Gasteiger partial charge on any atom is -0.460 e. The number of ether oxygens (including phenoxy) is 1. The summed E-state index contributed by atoms with van der Waals surface area (Å²) in [6.07, 6.45) is 0. The topological polar surface area (TPSA) is 42.7 Å². The van der Waals surface area contributed by atoms with E-state index in [1.165, 1.54) is 6.07 Å². The van der Waals surface area contributed by atoms with Gasteiger partial charge in [0.15, 0.2) is 0 Å². The average Bonchev–Trinajstić information content (AvgIpc) is 2.96. The number of para-hydroxylation sites is 1. The van der Waals surface area contributed by atoms with Crippen LogP contribution in [0.1, 0.15) is 28.6 Å². The SMILES string of the molecule is CCOC(=O)c1oc2ccccc2c1CN(C)Cc1ccccc1F. The van der Waals surface area contributed by atoms with Crippen LogP contribution in [-0.4, -0.2) is 24.5 Å². The van der Waals surface area contributed by atoms with E-state index in [1.54, 1.807) is 19.1 Å². The molecule has 4 nitrogen and oxygen atoms in total. The summed E-state index contributed by atoms with van der Waals surface area (Å²) in [5.41, 5.74) is 2.00. The first-order valence-electron chi connectivity index (χ1n) is 8.19. The third kappa shape index (κ3) is 3.72. The third-order valence-corrected chi connectivity index (χ3v) is 3.99. The first-order chi connectivity index (χ1) is 12.1. The van der Waals surface area contributed by atoms with Crippen LogP contribution in [0, 0.1) is 5.82 Å². The molecule has 0 aliphatic rings. The molecule has 0 amide bonds.